The van der Waals surface area contributed by atoms with Crippen molar-refractivity contribution in [1.29, 1.82) is 0 Å². The monoisotopic (exact) mass is 354 g/mol. The number of aromatic nitrogens is 1. The van der Waals surface area contributed by atoms with Crippen LogP contribution in [0.2, 0.25) is 0 Å². The van der Waals surface area contributed by atoms with Crippen LogP contribution < -0.4 is 4.74 Å². The molecule has 1 aromatic heterocycles. The molecule has 5 nitrogen and oxygen atoms in total. The maximum Gasteiger partial charge on any atom is 0.193 e. The molecule has 0 atom stereocenters. The number of likely N-dealkylation sites (N-methyl/N-ethyl adjacent to an activating group) is 1. The van der Waals surface area contributed by atoms with Gasteiger partial charge in [0.1, 0.15) is 12.4 Å². The van der Waals surface area contributed by atoms with E-state index in [1.54, 1.807) is 6.08 Å². The van der Waals surface area contributed by atoms with Gasteiger partial charge >= 0.3 is 0 Å². The molecular formula is C21H26N2O3. The molecule has 0 radical (unpaired) electrons. The van der Waals surface area contributed by atoms with Gasteiger partial charge in [-0.2, -0.15) is 0 Å². The van der Waals surface area contributed by atoms with Gasteiger partial charge in [0.25, 0.3) is 0 Å². The molecule has 5 heteroatoms. The fourth-order valence-corrected chi connectivity index (χ4v) is 3.09. The molecule has 0 aliphatic carbocycles. The lowest BCUT2D eigenvalue weighted by Crippen LogP contribution is -2.26. The minimum absolute atomic E-state index is 0.0217. The van der Waals surface area contributed by atoms with Crippen LogP contribution in [0.5, 0.6) is 5.75 Å². The average Bonchev–Trinajstić information content (AvgIpc) is 2.88. The number of ketones is 2. The Balaban J connectivity index is 2.00. The number of hydrogen-bond donors (Lipinski definition) is 1. The van der Waals surface area contributed by atoms with Crippen molar-refractivity contribution >= 4 is 11.6 Å². The van der Waals surface area contributed by atoms with Crippen molar-refractivity contribution in [2.75, 3.05) is 20.2 Å². The number of rotatable bonds is 9. The van der Waals surface area contributed by atoms with E-state index in [0.717, 1.165) is 22.6 Å². The topological polar surface area (TPSA) is 62.4 Å². The lowest BCUT2D eigenvalue weighted by Gasteiger charge is -2.16. The quantitative estimate of drug-likeness (QED) is 0.551. The standard InChI is InChI=1S/C21H26N2O3/c1-6-11-26-18-9-7-17(8-10-18)12-23(5)13-19(25)21-14(2)20(16(4)24)15(3)22-21/h6-10,22H,1,11-13H2,2-5H3. The van der Waals surface area contributed by atoms with Crippen LogP contribution in [0.15, 0.2) is 36.9 Å². The van der Waals surface area contributed by atoms with Gasteiger partial charge in [-0.3, -0.25) is 14.5 Å². The summed E-state index contributed by atoms with van der Waals surface area (Å²) in [4.78, 5) is 29.4. The largest absolute Gasteiger partial charge is 0.490 e. The van der Waals surface area contributed by atoms with Crippen molar-refractivity contribution in [1.82, 2.24) is 9.88 Å². The van der Waals surface area contributed by atoms with E-state index in [0.29, 0.717) is 24.4 Å². The molecule has 0 unspecified atom stereocenters. The molecule has 1 heterocycles. The highest BCUT2D eigenvalue weighted by Crippen LogP contribution is 2.19. The molecule has 2 rings (SSSR count). The van der Waals surface area contributed by atoms with Crippen LogP contribution in [0.3, 0.4) is 0 Å². The van der Waals surface area contributed by atoms with E-state index in [1.807, 2.05) is 50.1 Å². The van der Waals surface area contributed by atoms with E-state index in [1.165, 1.54) is 6.92 Å². The van der Waals surface area contributed by atoms with Gasteiger partial charge in [-0.05, 0) is 51.1 Å². The van der Waals surface area contributed by atoms with Gasteiger partial charge in [0.15, 0.2) is 11.6 Å². The molecule has 0 saturated carbocycles. The van der Waals surface area contributed by atoms with Crippen LogP contribution in [-0.2, 0) is 6.54 Å². The zero-order chi connectivity index (χ0) is 19.3. The van der Waals surface area contributed by atoms with Gasteiger partial charge < -0.3 is 9.72 Å². The first-order chi connectivity index (χ1) is 12.3. The smallest absolute Gasteiger partial charge is 0.193 e. The minimum Gasteiger partial charge on any atom is -0.490 e. The Bertz CT molecular complexity index is 803. The number of Topliss-reactive ketones (excluding diaryl/α,β-unsaturated/α-hetero) is 2. The van der Waals surface area contributed by atoms with Crippen LogP contribution in [0.25, 0.3) is 0 Å². The maximum atomic E-state index is 12.6. The SMILES string of the molecule is C=CCOc1ccc(CN(C)CC(=O)c2[nH]c(C)c(C(C)=O)c2C)cc1. The van der Waals surface area contributed by atoms with E-state index in [4.69, 9.17) is 4.74 Å². The molecule has 1 aromatic carbocycles. The Morgan fingerprint density at radius 3 is 2.42 bits per heavy atom. The normalized spacial score (nSPS) is 10.8. The highest BCUT2D eigenvalue weighted by Gasteiger charge is 2.20. The maximum absolute atomic E-state index is 12.6. The lowest BCUT2D eigenvalue weighted by molar-refractivity contribution is 0.0937. The van der Waals surface area contributed by atoms with Crippen LogP contribution in [0, 0.1) is 13.8 Å². The van der Waals surface area contributed by atoms with Gasteiger partial charge in [0.05, 0.1) is 12.2 Å². The summed E-state index contributed by atoms with van der Waals surface area (Å²) in [6, 6.07) is 7.78. The molecule has 0 aliphatic rings. The number of ether oxygens (including phenoxy) is 1. The second-order valence-corrected chi connectivity index (χ2v) is 6.52. The zero-order valence-corrected chi connectivity index (χ0v) is 15.9. The fraction of sp³-hybridized carbons (Fsp3) is 0.333. The fourth-order valence-electron chi connectivity index (χ4n) is 3.09. The summed E-state index contributed by atoms with van der Waals surface area (Å²) in [5, 5.41) is 0. The van der Waals surface area contributed by atoms with E-state index in [2.05, 4.69) is 11.6 Å². The Kier molecular flexibility index (Phi) is 6.52. The third-order valence-corrected chi connectivity index (χ3v) is 4.23. The average molecular weight is 354 g/mol. The van der Waals surface area contributed by atoms with Crippen LogP contribution in [0.4, 0.5) is 0 Å². The highest BCUT2D eigenvalue weighted by atomic mass is 16.5. The van der Waals surface area contributed by atoms with E-state index < -0.39 is 0 Å². The summed E-state index contributed by atoms with van der Waals surface area (Å²) in [5.41, 5.74) is 3.71. The van der Waals surface area contributed by atoms with Crippen LogP contribution in [-0.4, -0.2) is 41.6 Å². The summed E-state index contributed by atoms with van der Waals surface area (Å²) < 4.78 is 5.47. The molecule has 2 aromatic rings. The summed E-state index contributed by atoms with van der Waals surface area (Å²) >= 11 is 0. The number of nitrogens with zero attached hydrogens (tertiary/aromatic N) is 1. The molecule has 1 N–H and O–H groups in total. The molecule has 0 spiro atoms. The number of aromatic amines is 1. The van der Waals surface area contributed by atoms with Crippen molar-refractivity contribution in [3.63, 3.8) is 0 Å². The van der Waals surface area contributed by atoms with Crippen molar-refractivity contribution in [3.8, 4) is 5.75 Å². The zero-order valence-electron chi connectivity index (χ0n) is 15.9. The van der Waals surface area contributed by atoms with Crippen molar-refractivity contribution in [2.24, 2.45) is 0 Å². The van der Waals surface area contributed by atoms with Crippen molar-refractivity contribution in [2.45, 2.75) is 27.3 Å². The van der Waals surface area contributed by atoms with Crippen LogP contribution in [0.1, 0.15) is 44.6 Å². The third-order valence-electron chi connectivity index (χ3n) is 4.23. The third kappa shape index (κ3) is 4.70. The molecule has 0 saturated heterocycles. The molecule has 0 amide bonds. The molecular weight excluding hydrogens is 328 g/mol. The Morgan fingerprint density at radius 1 is 1.23 bits per heavy atom. The molecule has 0 bridgehead atoms. The van der Waals surface area contributed by atoms with Gasteiger partial charge in [0.2, 0.25) is 0 Å². The van der Waals surface area contributed by atoms with E-state index in [9.17, 15) is 9.59 Å². The van der Waals surface area contributed by atoms with Gasteiger partial charge in [-0.25, -0.2) is 0 Å². The first-order valence-electron chi connectivity index (χ1n) is 8.58. The van der Waals surface area contributed by atoms with Gasteiger partial charge in [0, 0.05) is 17.8 Å². The summed E-state index contributed by atoms with van der Waals surface area (Å²) in [7, 11) is 1.90. The second-order valence-electron chi connectivity index (χ2n) is 6.52. The molecule has 0 fully saturated rings. The Labute approximate surface area is 154 Å². The number of carbonyl (C=O) groups is 2. The number of carbonyl (C=O) groups excluding carboxylic acids is 2. The molecule has 138 valence electrons. The first kappa shape index (κ1) is 19.7. The number of benzene rings is 1. The van der Waals surface area contributed by atoms with E-state index >= 15 is 0 Å². The number of aryl methyl sites for hydroxylation is 1. The summed E-state index contributed by atoms with van der Waals surface area (Å²) in [5.74, 6) is 0.746. The van der Waals surface area contributed by atoms with Gasteiger partial charge in [-0.1, -0.05) is 24.8 Å². The first-order valence-corrected chi connectivity index (χ1v) is 8.58. The highest BCUT2D eigenvalue weighted by molar-refractivity contribution is 6.03. The van der Waals surface area contributed by atoms with Crippen molar-refractivity contribution in [3.05, 3.63) is 65.0 Å². The summed E-state index contributed by atoms with van der Waals surface area (Å²) in [6.07, 6.45) is 1.70. The predicted octanol–water partition coefficient (Wildman–Crippen LogP) is 3.71. The number of nitrogens with one attached hydrogen (secondary N) is 1. The minimum atomic E-state index is -0.0255. The predicted molar refractivity (Wildman–Crippen MR) is 103 cm³/mol. The number of hydrogen-bond acceptors (Lipinski definition) is 4. The second kappa shape index (κ2) is 8.63. The Morgan fingerprint density at radius 2 is 1.88 bits per heavy atom. The van der Waals surface area contributed by atoms with Crippen LogP contribution >= 0.6 is 0 Å². The number of H-pyrrole nitrogens is 1. The molecule has 26 heavy (non-hydrogen) atoms. The lowest BCUT2D eigenvalue weighted by atomic mass is 10.1. The molecule has 0 aliphatic heterocycles. The van der Waals surface area contributed by atoms with Gasteiger partial charge in [-0.15, -0.1) is 0 Å². The van der Waals surface area contributed by atoms with E-state index in [-0.39, 0.29) is 18.1 Å². The summed E-state index contributed by atoms with van der Waals surface area (Å²) in [6.45, 7) is 10.2. The van der Waals surface area contributed by atoms with Crippen molar-refractivity contribution < 1.29 is 14.3 Å². The Hall–Kier alpha value is -2.66.